The van der Waals surface area contributed by atoms with Crippen molar-refractivity contribution in [2.45, 2.75) is 38.1 Å². The maximum Gasteiger partial charge on any atom is 0.407 e. The van der Waals surface area contributed by atoms with Crippen LogP contribution in [0.3, 0.4) is 0 Å². The molecule has 0 aromatic heterocycles. The fourth-order valence-electron chi connectivity index (χ4n) is 2.67. The predicted molar refractivity (Wildman–Crippen MR) is 50.1 cm³/mol. The van der Waals surface area contributed by atoms with E-state index in [0.717, 1.165) is 19.3 Å². The fourth-order valence-corrected chi connectivity index (χ4v) is 2.67. The maximum absolute atomic E-state index is 11.3. The number of rotatable bonds is 0. The Morgan fingerprint density at radius 3 is 2.93 bits per heavy atom. The highest BCUT2D eigenvalue weighted by molar-refractivity contribution is 5.80. The highest BCUT2D eigenvalue weighted by Gasteiger charge is 2.38. The van der Waals surface area contributed by atoms with E-state index < -0.39 is 6.09 Å². The first-order chi connectivity index (χ1) is 6.68. The second-order valence-corrected chi connectivity index (χ2v) is 4.23. The highest BCUT2D eigenvalue weighted by atomic mass is 16.4. The molecule has 1 heterocycles. The smallest absolute Gasteiger partial charge is 0.407 e. The van der Waals surface area contributed by atoms with Crippen molar-refractivity contribution in [1.82, 2.24) is 4.90 Å². The number of carboxylic acid groups (broad SMARTS) is 1. The zero-order chi connectivity index (χ0) is 10.1. The molecule has 1 amide bonds. The van der Waals surface area contributed by atoms with Gasteiger partial charge in [0.25, 0.3) is 0 Å². The SMILES string of the molecule is O=C1CC[C@@H]2CCCN(C(=O)O)[C@@H]2C1. The fraction of sp³-hybridized carbons (Fsp3) is 0.800. The van der Waals surface area contributed by atoms with E-state index in [0.29, 0.717) is 25.3 Å². The van der Waals surface area contributed by atoms with Crippen LogP contribution < -0.4 is 0 Å². The van der Waals surface area contributed by atoms with Crippen LogP contribution in [0.15, 0.2) is 0 Å². The van der Waals surface area contributed by atoms with E-state index >= 15 is 0 Å². The number of piperidine rings is 1. The number of Topliss-reactive ketones (excluding diaryl/α,β-unsaturated/α-hetero) is 1. The summed E-state index contributed by atoms with van der Waals surface area (Å²) in [7, 11) is 0. The molecule has 0 aromatic rings. The number of hydrogen-bond acceptors (Lipinski definition) is 2. The van der Waals surface area contributed by atoms with Gasteiger partial charge in [-0.05, 0) is 25.2 Å². The molecule has 1 aliphatic carbocycles. The Balaban J connectivity index is 2.12. The van der Waals surface area contributed by atoms with Crippen molar-refractivity contribution in [3.63, 3.8) is 0 Å². The summed E-state index contributed by atoms with van der Waals surface area (Å²) < 4.78 is 0. The molecule has 1 saturated heterocycles. The van der Waals surface area contributed by atoms with Gasteiger partial charge in [-0.1, -0.05) is 0 Å². The second-order valence-electron chi connectivity index (χ2n) is 4.23. The molecule has 2 rings (SSSR count). The first kappa shape index (κ1) is 9.49. The minimum atomic E-state index is -0.866. The van der Waals surface area contributed by atoms with Gasteiger partial charge in [0, 0.05) is 25.4 Å². The molecule has 2 aliphatic rings. The Morgan fingerprint density at radius 2 is 2.21 bits per heavy atom. The Labute approximate surface area is 82.9 Å². The van der Waals surface area contributed by atoms with E-state index in [1.165, 1.54) is 4.90 Å². The molecule has 1 saturated carbocycles. The molecular formula is C10H15NO3. The van der Waals surface area contributed by atoms with Crippen LogP contribution in [0.1, 0.15) is 32.1 Å². The van der Waals surface area contributed by atoms with E-state index in [1.54, 1.807) is 0 Å². The van der Waals surface area contributed by atoms with Crippen LogP contribution in [0, 0.1) is 5.92 Å². The van der Waals surface area contributed by atoms with Gasteiger partial charge < -0.3 is 10.0 Å². The quantitative estimate of drug-likeness (QED) is 0.640. The van der Waals surface area contributed by atoms with E-state index in [9.17, 15) is 9.59 Å². The first-order valence-corrected chi connectivity index (χ1v) is 5.20. The summed E-state index contributed by atoms with van der Waals surface area (Å²) in [6.45, 7) is 0.601. The Kier molecular flexibility index (Phi) is 2.44. The number of ketones is 1. The summed E-state index contributed by atoms with van der Waals surface area (Å²) >= 11 is 0. The molecule has 78 valence electrons. The predicted octanol–water partition coefficient (Wildman–Crippen LogP) is 1.50. The molecule has 2 atom stereocenters. The lowest BCUT2D eigenvalue weighted by Crippen LogP contribution is -2.50. The molecule has 0 aromatic carbocycles. The van der Waals surface area contributed by atoms with Crippen molar-refractivity contribution >= 4 is 11.9 Å². The molecule has 1 aliphatic heterocycles. The average molecular weight is 197 g/mol. The summed E-state index contributed by atoms with van der Waals surface area (Å²) in [5.74, 6) is 0.650. The van der Waals surface area contributed by atoms with Crippen molar-refractivity contribution in [2.75, 3.05) is 6.54 Å². The van der Waals surface area contributed by atoms with E-state index in [-0.39, 0.29) is 11.8 Å². The third-order valence-corrected chi connectivity index (χ3v) is 3.39. The first-order valence-electron chi connectivity index (χ1n) is 5.20. The third kappa shape index (κ3) is 1.61. The zero-order valence-corrected chi connectivity index (χ0v) is 8.11. The number of nitrogens with zero attached hydrogens (tertiary/aromatic N) is 1. The molecule has 1 N–H and O–H groups in total. The number of likely N-dealkylation sites (tertiary alicyclic amines) is 1. The van der Waals surface area contributed by atoms with Crippen LogP contribution in [0.2, 0.25) is 0 Å². The lowest BCUT2D eigenvalue weighted by atomic mass is 9.78. The Morgan fingerprint density at radius 1 is 1.43 bits per heavy atom. The molecule has 4 heteroatoms. The molecular weight excluding hydrogens is 182 g/mol. The molecule has 0 unspecified atom stereocenters. The standard InChI is InChI=1S/C10H15NO3/c12-8-4-3-7-2-1-5-11(10(13)14)9(7)6-8/h7,9H,1-6H2,(H,13,14)/t7-,9+/m0/s1. The van der Waals surface area contributed by atoms with Gasteiger partial charge in [0.15, 0.2) is 0 Å². The number of amides is 1. The Bertz CT molecular complexity index is 264. The number of carbonyl (C=O) groups excluding carboxylic acids is 1. The Hall–Kier alpha value is -1.06. The van der Waals surface area contributed by atoms with Crippen molar-refractivity contribution in [3.8, 4) is 0 Å². The molecule has 0 spiro atoms. The minimum Gasteiger partial charge on any atom is -0.465 e. The summed E-state index contributed by atoms with van der Waals surface area (Å²) in [5.41, 5.74) is 0. The van der Waals surface area contributed by atoms with E-state index in [2.05, 4.69) is 0 Å². The van der Waals surface area contributed by atoms with Crippen molar-refractivity contribution in [3.05, 3.63) is 0 Å². The van der Waals surface area contributed by atoms with Gasteiger partial charge in [0.1, 0.15) is 5.78 Å². The van der Waals surface area contributed by atoms with Crippen LogP contribution in [0.4, 0.5) is 4.79 Å². The van der Waals surface area contributed by atoms with Gasteiger partial charge >= 0.3 is 6.09 Å². The highest BCUT2D eigenvalue weighted by Crippen LogP contribution is 2.33. The van der Waals surface area contributed by atoms with Gasteiger partial charge in [0.05, 0.1) is 0 Å². The van der Waals surface area contributed by atoms with Crippen molar-refractivity contribution in [2.24, 2.45) is 5.92 Å². The van der Waals surface area contributed by atoms with Gasteiger partial charge in [-0.25, -0.2) is 4.79 Å². The molecule has 0 radical (unpaired) electrons. The van der Waals surface area contributed by atoms with Crippen LogP contribution in [0.25, 0.3) is 0 Å². The van der Waals surface area contributed by atoms with E-state index in [4.69, 9.17) is 5.11 Å². The topological polar surface area (TPSA) is 57.6 Å². The molecule has 14 heavy (non-hydrogen) atoms. The van der Waals surface area contributed by atoms with Gasteiger partial charge in [0.2, 0.25) is 0 Å². The normalized spacial score (nSPS) is 32.6. The van der Waals surface area contributed by atoms with E-state index in [1.807, 2.05) is 0 Å². The second kappa shape index (κ2) is 3.59. The summed E-state index contributed by atoms with van der Waals surface area (Å²) in [4.78, 5) is 23.7. The van der Waals surface area contributed by atoms with Crippen LogP contribution in [0.5, 0.6) is 0 Å². The lowest BCUT2D eigenvalue weighted by molar-refractivity contribution is -0.123. The van der Waals surface area contributed by atoms with Crippen LogP contribution >= 0.6 is 0 Å². The largest absolute Gasteiger partial charge is 0.465 e. The van der Waals surface area contributed by atoms with Gasteiger partial charge in [-0.15, -0.1) is 0 Å². The maximum atomic E-state index is 11.3. The van der Waals surface area contributed by atoms with Crippen LogP contribution in [-0.2, 0) is 4.79 Å². The number of carbonyl (C=O) groups is 2. The molecule has 4 nitrogen and oxygen atoms in total. The lowest BCUT2D eigenvalue weighted by Gasteiger charge is -2.41. The summed E-state index contributed by atoms with van der Waals surface area (Å²) in [5, 5.41) is 8.98. The average Bonchev–Trinajstić information content (AvgIpc) is 2.16. The summed E-state index contributed by atoms with van der Waals surface area (Å²) in [6.07, 6.45) is 3.14. The number of fused-ring (bicyclic) bond motifs is 1. The van der Waals surface area contributed by atoms with Gasteiger partial charge in [-0.3, -0.25) is 4.79 Å². The van der Waals surface area contributed by atoms with Crippen molar-refractivity contribution in [1.29, 1.82) is 0 Å². The zero-order valence-electron chi connectivity index (χ0n) is 8.11. The number of hydrogen-bond donors (Lipinski definition) is 1. The minimum absolute atomic E-state index is 0.0255. The van der Waals surface area contributed by atoms with Gasteiger partial charge in [-0.2, -0.15) is 0 Å². The van der Waals surface area contributed by atoms with Crippen LogP contribution in [-0.4, -0.2) is 34.5 Å². The molecule has 2 fully saturated rings. The monoisotopic (exact) mass is 197 g/mol. The van der Waals surface area contributed by atoms with Crippen molar-refractivity contribution < 1.29 is 14.7 Å². The summed E-state index contributed by atoms with van der Waals surface area (Å²) in [6, 6.07) is -0.0255. The third-order valence-electron chi connectivity index (χ3n) is 3.39. The molecule has 0 bridgehead atoms.